The molecule has 0 bridgehead atoms. The Hall–Kier alpha value is -2.30. The fraction of sp³-hybridized carbons (Fsp3) is 0.286. The minimum absolute atomic E-state index is 0.106. The van der Waals surface area contributed by atoms with Crippen LogP contribution in [-0.2, 0) is 19.1 Å². The Kier molecular flexibility index (Phi) is 5.11. The molecular weight excluding hydrogens is 248 g/mol. The number of phenolic OH excluding ortho intramolecular Hbond substituents is 1. The summed E-state index contributed by atoms with van der Waals surface area (Å²) in [6, 6.07) is 6.05. The van der Waals surface area contributed by atoms with E-state index in [1.165, 1.54) is 25.1 Å². The average molecular weight is 264 g/mol. The van der Waals surface area contributed by atoms with Gasteiger partial charge in [0, 0.05) is 6.92 Å². The van der Waals surface area contributed by atoms with Crippen LogP contribution in [0.4, 0.5) is 0 Å². The molecule has 5 heteroatoms. The maximum atomic E-state index is 11.4. The molecule has 1 aliphatic heterocycles. The lowest BCUT2D eigenvalue weighted by Gasteiger charge is -2.20. The Morgan fingerprint density at radius 1 is 1.05 bits per heavy atom. The number of cyclic esters (lactones) is 2. The Labute approximate surface area is 111 Å². The van der Waals surface area contributed by atoms with E-state index in [2.05, 4.69) is 0 Å². The van der Waals surface area contributed by atoms with Crippen molar-refractivity contribution < 1.29 is 24.2 Å². The van der Waals surface area contributed by atoms with E-state index in [-0.39, 0.29) is 11.3 Å². The maximum absolute atomic E-state index is 11.4. The standard InChI is InChI=1S/C12H10O5.C2H6/c1-7-16-11(14)10(12(15)17-7)6-8-2-4-9(13)5-3-8;1-2/h2-7,13H,1H3;1-2H3. The summed E-state index contributed by atoms with van der Waals surface area (Å²) >= 11 is 0. The highest BCUT2D eigenvalue weighted by atomic mass is 16.7. The monoisotopic (exact) mass is 264 g/mol. The summed E-state index contributed by atoms with van der Waals surface area (Å²) in [5.74, 6) is -1.31. The third kappa shape index (κ3) is 3.84. The molecule has 1 aliphatic rings. The first-order chi connectivity index (χ1) is 9.06. The minimum Gasteiger partial charge on any atom is -0.508 e. The van der Waals surface area contributed by atoms with Gasteiger partial charge in [0.15, 0.2) is 0 Å². The van der Waals surface area contributed by atoms with Gasteiger partial charge in [-0.05, 0) is 23.8 Å². The number of hydrogen-bond donors (Lipinski definition) is 1. The van der Waals surface area contributed by atoms with Crippen molar-refractivity contribution in [3.05, 3.63) is 35.4 Å². The second-order valence-corrected chi connectivity index (χ2v) is 3.53. The number of carbonyl (C=O) groups is 2. The molecule has 0 atom stereocenters. The van der Waals surface area contributed by atoms with Crippen LogP contribution >= 0.6 is 0 Å². The Morgan fingerprint density at radius 2 is 1.53 bits per heavy atom. The van der Waals surface area contributed by atoms with Crippen molar-refractivity contribution in [3.8, 4) is 5.75 Å². The molecule has 0 spiro atoms. The molecule has 1 aromatic carbocycles. The highest BCUT2D eigenvalue weighted by molar-refractivity contribution is 6.18. The first-order valence-corrected chi connectivity index (χ1v) is 5.99. The number of benzene rings is 1. The first-order valence-electron chi connectivity index (χ1n) is 5.99. The van der Waals surface area contributed by atoms with Crippen LogP contribution in [0, 0.1) is 0 Å². The SMILES string of the molecule is CC.CC1OC(=O)C(=Cc2ccc(O)cc2)C(=O)O1. The molecule has 1 N–H and O–H groups in total. The van der Waals surface area contributed by atoms with Crippen molar-refractivity contribution in [2.24, 2.45) is 0 Å². The van der Waals surface area contributed by atoms with E-state index < -0.39 is 18.2 Å². The van der Waals surface area contributed by atoms with Crippen molar-refractivity contribution >= 4 is 18.0 Å². The molecular formula is C14H16O5. The zero-order valence-electron chi connectivity index (χ0n) is 11.0. The average Bonchev–Trinajstić information content (AvgIpc) is 2.38. The Morgan fingerprint density at radius 3 is 2.00 bits per heavy atom. The number of hydrogen-bond acceptors (Lipinski definition) is 5. The fourth-order valence-electron chi connectivity index (χ4n) is 1.39. The Bertz CT molecular complexity index is 467. The van der Waals surface area contributed by atoms with Crippen LogP contribution in [0.5, 0.6) is 5.75 Å². The zero-order chi connectivity index (χ0) is 14.4. The number of rotatable bonds is 1. The third-order valence-corrected chi connectivity index (χ3v) is 2.19. The molecule has 0 radical (unpaired) electrons. The lowest BCUT2D eigenvalue weighted by Crippen LogP contribution is -2.32. The van der Waals surface area contributed by atoms with Crippen molar-refractivity contribution in [1.29, 1.82) is 0 Å². The fourth-order valence-corrected chi connectivity index (χ4v) is 1.39. The third-order valence-electron chi connectivity index (χ3n) is 2.19. The molecule has 102 valence electrons. The van der Waals surface area contributed by atoms with E-state index in [0.29, 0.717) is 5.56 Å². The normalized spacial score (nSPS) is 17.8. The summed E-state index contributed by atoms with van der Waals surface area (Å²) in [6.45, 7) is 5.47. The van der Waals surface area contributed by atoms with Gasteiger partial charge >= 0.3 is 11.9 Å². The topological polar surface area (TPSA) is 72.8 Å². The number of esters is 2. The second-order valence-electron chi connectivity index (χ2n) is 3.53. The van der Waals surface area contributed by atoms with Crippen LogP contribution < -0.4 is 0 Å². The van der Waals surface area contributed by atoms with Gasteiger partial charge in [0.25, 0.3) is 0 Å². The van der Waals surface area contributed by atoms with Gasteiger partial charge in [0.1, 0.15) is 11.3 Å². The zero-order valence-corrected chi connectivity index (χ0v) is 11.0. The summed E-state index contributed by atoms with van der Waals surface area (Å²) in [7, 11) is 0. The number of aromatic hydroxyl groups is 1. The molecule has 1 fully saturated rings. The van der Waals surface area contributed by atoms with Gasteiger partial charge in [-0.1, -0.05) is 26.0 Å². The summed E-state index contributed by atoms with van der Waals surface area (Å²) in [4.78, 5) is 22.9. The van der Waals surface area contributed by atoms with E-state index in [1.807, 2.05) is 13.8 Å². The molecule has 2 rings (SSSR count). The van der Waals surface area contributed by atoms with E-state index in [1.54, 1.807) is 12.1 Å². The largest absolute Gasteiger partial charge is 0.508 e. The van der Waals surface area contributed by atoms with E-state index in [9.17, 15) is 9.59 Å². The lowest BCUT2D eigenvalue weighted by molar-refractivity contribution is -0.190. The van der Waals surface area contributed by atoms with Crippen molar-refractivity contribution in [3.63, 3.8) is 0 Å². The summed E-state index contributed by atoms with van der Waals surface area (Å²) < 4.78 is 9.53. The van der Waals surface area contributed by atoms with Crippen LogP contribution in [0.3, 0.4) is 0 Å². The van der Waals surface area contributed by atoms with Gasteiger partial charge in [-0.2, -0.15) is 0 Å². The minimum atomic E-state index is -0.855. The van der Waals surface area contributed by atoms with Crippen molar-refractivity contribution in [2.45, 2.75) is 27.1 Å². The molecule has 0 aromatic heterocycles. The predicted molar refractivity (Wildman–Crippen MR) is 69.1 cm³/mol. The molecule has 1 saturated heterocycles. The molecule has 1 aromatic rings. The van der Waals surface area contributed by atoms with Gasteiger partial charge < -0.3 is 14.6 Å². The van der Waals surface area contributed by atoms with Gasteiger partial charge in [0.2, 0.25) is 6.29 Å². The van der Waals surface area contributed by atoms with E-state index in [0.717, 1.165) is 0 Å². The highest BCUT2D eigenvalue weighted by Gasteiger charge is 2.30. The van der Waals surface area contributed by atoms with Crippen LogP contribution in [-0.4, -0.2) is 23.3 Å². The Balaban J connectivity index is 0.000000861. The quantitative estimate of drug-likeness (QED) is 0.478. The molecule has 0 aliphatic carbocycles. The predicted octanol–water partition coefficient (Wildman–Crippen LogP) is 2.25. The van der Waals surface area contributed by atoms with Crippen LogP contribution in [0.1, 0.15) is 26.3 Å². The molecule has 0 amide bonds. The summed E-state index contributed by atoms with van der Waals surface area (Å²) in [6.07, 6.45) is 0.502. The van der Waals surface area contributed by atoms with Gasteiger partial charge in [-0.15, -0.1) is 0 Å². The molecule has 0 unspecified atom stereocenters. The molecule has 1 heterocycles. The smallest absolute Gasteiger partial charge is 0.348 e. The van der Waals surface area contributed by atoms with Crippen LogP contribution in [0.2, 0.25) is 0 Å². The maximum Gasteiger partial charge on any atom is 0.348 e. The lowest BCUT2D eigenvalue weighted by atomic mass is 10.1. The number of phenols is 1. The molecule has 19 heavy (non-hydrogen) atoms. The highest BCUT2D eigenvalue weighted by Crippen LogP contribution is 2.18. The molecule has 0 saturated carbocycles. The summed E-state index contributed by atoms with van der Waals surface area (Å²) in [5.41, 5.74) is 0.440. The van der Waals surface area contributed by atoms with Gasteiger partial charge in [-0.3, -0.25) is 0 Å². The second kappa shape index (κ2) is 6.58. The van der Waals surface area contributed by atoms with Crippen molar-refractivity contribution in [2.75, 3.05) is 0 Å². The first kappa shape index (κ1) is 14.8. The summed E-state index contributed by atoms with van der Waals surface area (Å²) in [5, 5.41) is 9.10. The van der Waals surface area contributed by atoms with Gasteiger partial charge in [0.05, 0.1) is 0 Å². The number of carbonyl (C=O) groups excluding carboxylic acids is 2. The van der Waals surface area contributed by atoms with Crippen LogP contribution in [0.15, 0.2) is 29.8 Å². The molecule has 5 nitrogen and oxygen atoms in total. The van der Waals surface area contributed by atoms with E-state index >= 15 is 0 Å². The van der Waals surface area contributed by atoms with E-state index in [4.69, 9.17) is 14.6 Å². The van der Waals surface area contributed by atoms with Crippen molar-refractivity contribution in [1.82, 2.24) is 0 Å². The number of ether oxygens (including phenoxy) is 2. The van der Waals surface area contributed by atoms with Crippen LogP contribution in [0.25, 0.3) is 6.08 Å². The van der Waals surface area contributed by atoms with Gasteiger partial charge in [-0.25, -0.2) is 9.59 Å².